The lowest BCUT2D eigenvalue weighted by molar-refractivity contribution is 0.556. The Morgan fingerprint density at radius 3 is 2.28 bits per heavy atom. The average Bonchev–Trinajstić information content (AvgIpc) is 2.39. The van der Waals surface area contributed by atoms with Crippen LogP contribution < -0.4 is 5.32 Å². The fourth-order valence-corrected chi connectivity index (χ4v) is 2.34. The molecule has 1 N–H and O–H groups in total. The minimum absolute atomic E-state index is 0.436. The molecule has 0 aliphatic carbocycles. The van der Waals surface area contributed by atoms with E-state index in [-0.39, 0.29) is 0 Å². The molecule has 2 rings (SSSR count). The Kier molecular flexibility index (Phi) is 4.80. The molecule has 2 aromatic rings. The summed E-state index contributed by atoms with van der Waals surface area (Å²) in [5.74, 6) is 0. The van der Waals surface area contributed by atoms with Gasteiger partial charge in [0.15, 0.2) is 0 Å². The molecule has 0 saturated carbocycles. The van der Waals surface area contributed by atoms with Crippen LogP contribution in [-0.2, 0) is 12.8 Å². The van der Waals surface area contributed by atoms with Crippen LogP contribution in [0.2, 0.25) is 5.02 Å². The van der Waals surface area contributed by atoms with Gasteiger partial charge in [0.05, 0.1) is 0 Å². The van der Waals surface area contributed by atoms with Crippen molar-refractivity contribution < 1.29 is 0 Å². The van der Waals surface area contributed by atoms with Gasteiger partial charge in [0.25, 0.3) is 0 Å². The first kappa shape index (κ1) is 13.1. The second-order valence-corrected chi connectivity index (χ2v) is 4.95. The number of hydrogen-bond acceptors (Lipinski definition) is 1. The molecule has 0 radical (unpaired) electrons. The predicted octanol–water partition coefficient (Wildman–Crippen LogP) is 3.71. The summed E-state index contributed by atoms with van der Waals surface area (Å²) in [5.41, 5.74) is 2.64. The molecule has 0 heterocycles. The second kappa shape index (κ2) is 6.58. The summed E-state index contributed by atoms with van der Waals surface area (Å²) >= 11 is 6.01. The number of halogens is 1. The Morgan fingerprint density at radius 2 is 1.61 bits per heavy atom. The summed E-state index contributed by atoms with van der Waals surface area (Å²) in [4.78, 5) is 0. The van der Waals surface area contributed by atoms with E-state index in [1.165, 1.54) is 11.1 Å². The fourth-order valence-electron chi connectivity index (χ4n) is 2.12. The smallest absolute Gasteiger partial charge is 0.0408 e. The van der Waals surface area contributed by atoms with Gasteiger partial charge in [0.1, 0.15) is 0 Å². The maximum atomic E-state index is 6.01. The Labute approximate surface area is 114 Å². The lowest BCUT2D eigenvalue weighted by atomic mass is 9.99. The van der Waals surface area contributed by atoms with Crippen molar-refractivity contribution in [3.8, 4) is 0 Å². The highest BCUT2D eigenvalue weighted by Gasteiger charge is 2.08. The minimum atomic E-state index is 0.436. The third-order valence-electron chi connectivity index (χ3n) is 3.10. The second-order valence-electron chi connectivity index (χ2n) is 4.51. The number of hydrogen-bond donors (Lipinski definition) is 1. The van der Waals surface area contributed by atoms with Crippen molar-refractivity contribution >= 4 is 11.6 Å². The zero-order valence-electron chi connectivity index (χ0n) is 10.6. The van der Waals surface area contributed by atoms with Crippen molar-refractivity contribution in [1.82, 2.24) is 5.32 Å². The van der Waals surface area contributed by atoms with Gasteiger partial charge in [-0.15, -0.1) is 0 Å². The molecule has 2 aromatic carbocycles. The quantitative estimate of drug-likeness (QED) is 0.863. The first-order chi connectivity index (χ1) is 8.78. The Morgan fingerprint density at radius 1 is 0.944 bits per heavy atom. The molecule has 1 atom stereocenters. The maximum Gasteiger partial charge on any atom is 0.0408 e. The SMILES string of the molecule is CNC(Cc1ccccc1)Cc1cccc(Cl)c1. The van der Waals surface area contributed by atoms with Gasteiger partial charge in [-0.3, -0.25) is 0 Å². The molecule has 94 valence electrons. The molecule has 0 aromatic heterocycles. The average molecular weight is 260 g/mol. The van der Waals surface area contributed by atoms with E-state index in [0.717, 1.165) is 17.9 Å². The zero-order chi connectivity index (χ0) is 12.8. The summed E-state index contributed by atoms with van der Waals surface area (Å²) in [5, 5.41) is 4.18. The van der Waals surface area contributed by atoms with Crippen LogP contribution in [0.25, 0.3) is 0 Å². The zero-order valence-corrected chi connectivity index (χ0v) is 11.3. The third-order valence-corrected chi connectivity index (χ3v) is 3.34. The van der Waals surface area contributed by atoms with Crippen LogP contribution in [0, 0.1) is 0 Å². The molecule has 1 unspecified atom stereocenters. The van der Waals surface area contributed by atoms with Gasteiger partial charge in [-0.05, 0) is 43.1 Å². The van der Waals surface area contributed by atoms with Crippen LogP contribution in [0.4, 0.5) is 0 Å². The van der Waals surface area contributed by atoms with E-state index in [4.69, 9.17) is 11.6 Å². The summed E-state index contributed by atoms with van der Waals surface area (Å²) in [6, 6.07) is 19.1. The van der Waals surface area contributed by atoms with Gasteiger partial charge < -0.3 is 5.32 Å². The van der Waals surface area contributed by atoms with E-state index in [1.54, 1.807) is 0 Å². The van der Waals surface area contributed by atoms with E-state index in [2.05, 4.69) is 41.7 Å². The Hall–Kier alpha value is -1.31. The summed E-state index contributed by atoms with van der Waals surface area (Å²) < 4.78 is 0. The van der Waals surface area contributed by atoms with Crippen molar-refractivity contribution in [2.45, 2.75) is 18.9 Å². The molecular weight excluding hydrogens is 242 g/mol. The van der Waals surface area contributed by atoms with Crippen molar-refractivity contribution in [1.29, 1.82) is 0 Å². The normalized spacial score (nSPS) is 12.3. The van der Waals surface area contributed by atoms with E-state index >= 15 is 0 Å². The molecule has 0 bridgehead atoms. The predicted molar refractivity (Wildman–Crippen MR) is 78.1 cm³/mol. The van der Waals surface area contributed by atoms with Crippen LogP contribution in [0.3, 0.4) is 0 Å². The Balaban J connectivity index is 2.01. The fraction of sp³-hybridized carbons (Fsp3) is 0.250. The lowest BCUT2D eigenvalue weighted by Gasteiger charge is -2.16. The standard InChI is InChI=1S/C16H18ClN/c1-18-16(11-13-6-3-2-4-7-13)12-14-8-5-9-15(17)10-14/h2-10,16,18H,11-12H2,1H3. The largest absolute Gasteiger partial charge is 0.316 e. The molecule has 2 heteroatoms. The van der Waals surface area contributed by atoms with Crippen molar-refractivity contribution in [2.75, 3.05) is 7.05 Å². The highest BCUT2D eigenvalue weighted by atomic mass is 35.5. The number of likely N-dealkylation sites (N-methyl/N-ethyl adjacent to an activating group) is 1. The van der Waals surface area contributed by atoms with E-state index < -0.39 is 0 Å². The highest BCUT2D eigenvalue weighted by molar-refractivity contribution is 6.30. The number of rotatable bonds is 5. The van der Waals surface area contributed by atoms with Gasteiger partial charge in [-0.2, -0.15) is 0 Å². The van der Waals surface area contributed by atoms with Crippen molar-refractivity contribution in [3.05, 3.63) is 70.7 Å². The van der Waals surface area contributed by atoms with Crippen molar-refractivity contribution in [3.63, 3.8) is 0 Å². The molecule has 0 aliphatic heterocycles. The molecule has 18 heavy (non-hydrogen) atoms. The van der Waals surface area contributed by atoms with Gasteiger partial charge in [0, 0.05) is 11.1 Å². The monoisotopic (exact) mass is 259 g/mol. The first-order valence-electron chi connectivity index (χ1n) is 6.23. The van der Waals surface area contributed by atoms with E-state index in [1.807, 2.05) is 25.2 Å². The minimum Gasteiger partial charge on any atom is -0.316 e. The van der Waals surface area contributed by atoms with E-state index in [0.29, 0.717) is 6.04 Å². The molecular formula is C16H18ClN. The van der Waals surface area contributed by atoms with Crippen LogP contribution >= 0.6 is 11.6 Å². The van der Waals surface area contributed by atoms with Gasteiger partial charge in [-0.25, -0.2) is 0 Å². The van der Waals surface area contributed by atoms with Crippen LogP contribution in [-0.4, -0.2) is 13.1 Å². The summed E-state index contributed by atoms with van der Waals surface area (Å²) in [6.45, 7) is 0. The van der Waals surface area contributed by atoms with Crippen LogP contribution in [0.1, 0.15) is 11.1 Å². The summed E-state index contributed by atoms with van der Waals surface area (Å²) in [7, 11) is 2.01. The number of benzene rings is 2. The van der Waals surface area contributed by atoms with Crippen molar-refractivity contribution in [2.24, 2.45) is 0 Å². The van der Waals surface area contributed by atoms with Gasteiger partial charge >= 0.3 is 0 Å². The van der Waals surface area contributed by atoms with E-state index in [9.17, 15) is 0 Å². The maximum absolute atomic E-state index is 6.01. The van der Waals surface area contributed by atoms with Crippen LogP contribution in [0.5, 0.6) is 0 Å². The molecule has 0 saturated heterocycles. The lowest BCUT2D eigenvalue weighted by Crippen LogP contribution is -2.29. The molecule has 0 aliphatic rings. The molecule has 1 nitrogen and oxygen atoms in total. The van der Waals surface area contributed by atoms with Gasteiger partial charge in [-0.1, -0.05) is 54.1 Å². The van der Waals surface area contributed by atoms with Gasteiger partial charge in [0.2, 0.25) is 0 Å². The topological polar surface area (TPSA) is 12.0 Å². The molecule has 0 amide bonds. The third kappa shape index (κ3) is 3.86. The number of nitrogens with one attached hydrogen (secondary N) is 1. The molecule has 0 fully saturated rings. The highest BCUT2D eigenvalue weighted by Crippen LogP contribution is 2.14. The van der Waals surface area contributed by atoms with Crippen LogP contribution in [0.15, 0.2) is 54.6 Å². The summed E-state index contributed by atoms with van der Waals surface area (Å²) in [6.07, 6.45) is 2.02. The first-order valence-corrected chi connectivity index (χ1v) is 6.61. The Bertz CT molecular complexity index is 481. The molecule has 0 spiro atoms.